The third-order valence-corrected chi connectivity index (χ3v) is 2.91. The molecule has 0 aliphatic carbocycles. The van der Waals surface area contributed by atoms with Crippen molar-refractivity contribution in [2.45, 2.75) is 19.9 Å². The van der Waals surface area contributed by atoms with Crippen molar-refractivity contribution in [3.63, 3.8) is 0 Å². The van der Waals surface area contributed by atoms with Gasteiger partial charge in [-0.2, -0.15) is 4.98 Å². The first-order valence-corrected chi connectivity index (χ1v) is 6.37. The van der Waals surface area contributed by atoms with Gasteiger partial charge in [0.1, 0.15) is 11.2 Å². The predicted octanol–water partition coefficient (Wildman–Crippen LogP) is 1.26. The van der Waals surface area contributed by atoms with Crippen molar-refractivity contribution < 1.29 is 0 Å². The van der Waals surface area contributed by atoms with Gasteiger partial charge in [-0.05, 0) is 13.8 Å². The van der Waals surface area contributed by atoms with Crippen molar-refractivity contribution in [2.75, 3.05) is 19.0 Å². The second-order valence-electron chi connectivity index (χ2n) is 5.06. The van der Waals surface area contributed by atoms with E-state index in [1.54, 1.807) is 10.9 Å². The Morgan fingerprint density at radius 2 is 2.05 bits per heavy atom. The molecule has 0 unspecified atom stereocenters. The average Bonchev–Trinajstić information content (AvgIpc) is 3.04. The van der Waals surface area contributed by atoms with Gasteiger partial charge in [-0.3, -0.25) is 0 Å². The number of aromatic nitrogens is 7. The van der Waals surface area contributed by atoms with Gasteiger partial charge in [0.05, 0.1) is 12.4 Å². The minimum absolute atomic E-state index is 0.265. The molecule has 0 bridgehead atoms. The van der Waals surface area contributed by atoms with Gasteiger partial charge in [0, 0.05) is 20.1 Å². The number of hydrogen-bond acceptors (Lipinski definition) is 6. The third kappa shape index (κ3) is 2.09. The maximum atomic E-state index is 4.45. The first kappa shape index (κ1) is 12.5. The summed E-state index contributed by atoms with van der Waals surface area (Å²) in [6.07, 6.45) is 3.59. The summed E-state index contributed by atoms with van der Waals surface area (Å²) in [6.45, 7) is 4.10. The van der Waals surface area contributed by atoms with Crippen LogP contribution in [-0.4, -0.2) is 49.0 Å². The van der Waals surface area contributed by atoms with Gasteiger partial charge >= 0.3 is 0 Å². The number of fused-ring (bicyclic) bond motifs is 1. The molecule has 3 aromatic heterocycles. The monoisotopic (exact) mass is 272 g/mol. The lowest BCUT2D eigenvalue weighted by molar-refractivity contribution is 0.514. The number of nitrogens with one attached hydrogen (secondary N) is 1. The highest BCUT2D eigenvalue weighted by Crippen LogP contribution is 2.18. The zero-order valence-electron chi connectivity index (χ0n) is 11.9. The molecule has 0 fully saturated rings. The van der Waals surface area contributed by atoms with E-state index in [1.807, 2.05) is 39.0 Å². The van der Waals surface area contributed by atoms with E-state index >= 15 is 0 Å². The molecule has 0 saturated carbocycles. The molecule has 20 heavy (non-hydrogen) atoms. The predicted molar refractivity (Wildman–Crippen MR) is 75.4 cm³/mol. The maximum absolute atomic E-state index is 4.45. The van der Waals surface area contributed by atoms with E-state index in [0.717, 1.165) is 5.52 Å². The topological polar surface area (TPSA) is 88.4 Å². The number of imidazole rings is 1. The molecule has 3 aromatic rings. The first-order chi connectivity index (χ1) is 9.54. The SMILES string of the molecule is CC(C)n1cc(-c2nc3nc(N(C)C)ncc3[nH]2)nn1. The Labute approximate surface area is 115 Å². The molecule has 0 spiro atoms. The van der Waals surface area contributed by atoms with Crippen LogP contribution >= 0.6 is 0 Å². The molecule has 8 nitrogen and oxygen atoms in total. The zero-order valence-corrected chi connectivity index (χ0v) is 11.9. The Bertz CT molecular complexity index is 739. The van der Waals surface area contributed by atoms with E-state index in [1.165, 1.54) is 0 Å². The number of nitrogens with zero attached hydrogens (tertiary/aromatic N) is 7. The fourth-order valence-corrected chi connectivity index (χ4v) is 1.77. The van der Waals surface area contributed by atoms with Crippen LogP contribution in [0.3, 0.4) is 0 Å². The van der Waals surface area contributed by atoms with Crippen LogP contribution in [0.1, 0.15) is 19.9 Å². The molecule has 1 N–H and O–H groups in total. The summed E-state index contributed by atoms with van der Waals surface area (Å²) < 4.78 is 1.79. The van der Waals surface area contributed by atoms with Crippen LogP contribution in [0, 0.1) is 0 Å². The molecule has 0 radical (unpaired) electrons. The van der Waals surface area contributed by atoms with Crippen LogP contribution in [0.4, 0.5) is 5.95 Å². The van der Waals surface area contributed by atoms with Gasteiger partial charge in [-0.15, -0.1) is 5.10 Å². The first-order valence-electron chi connectivity index (χ1n) is 6.37. The quantitative estimate of drug-likeness (QED) is 0.772. The second kappa shape index (κ2) is 4.55. The van der Waals surface area contributed by atoms with Crippen LogP contribution in [0.2, 0.25) is 0 Å². The minimum Gasteiger partial charge on any atom is -0.347 e. The van der Waals surface area contributed by atoms with E-state index < -0.39 is 0 Å². The molecule has 3 heterocycles. The molecule has 0 aromatic carbocycles. The summed E-state index contributed by atoms with van der Waals surface area (Å²) in [5.41, 5.74) is 2.10. The van der Waals surface area contributed by atoms with Crippen molar-refractivity contribution in [3.05, 3.63) is 12.4 Å². The Hall–Kier alpha value is -2.51. The van der Waals surface area contributed by atoms with E-state index in [2.05, 4.69) is 30.2 Å². The van der Waals surface area contributed by atoms with E-state index in [4.69, 9.17) is 0 Å². The highest BCUT2D eigenvalue weighted by Gasteiger charge is 2.12. The molecule has 0 saturated heterocycles. The van der Waals surface area contributed by atoms with Crippen LogP contribution in [-0.2, 0) is 0 Å². The Morgan fingerprint density at radius 1 is 1.25 bits per heavy atom. The normalized spacial score (nSPS) is 11.4. The Morgan fingerprint density at radius 3 is 2.70 bits per heavy atom. The lowest BCUT2D eigenvalue weighted by Crippen LogP contribution is -2.12. The Balaban J connectivity index is 2.03. The van der Waals surface area contributed by atoms with Crippen molar-refractivity contribution in [1.82, 2.24) is 34.9 Å². The number of anilines is 1. The zero-order chi connectivity index (χ0) is 14.3. The molecule has 0 aliphatic heterocycles. The smallest absolute Gasteiger partial charge is 0.226 e. The molecule has 3 rings (SSSR count). The van der Waals surface area contributed by atoms with E-state index in [0.29, 0.717) is 23.1 Å². The van der Waals surface area contributed by atoms with Crippen LogP contribution in [0.25, 0.3) is 22.7 Å². The number of aromatic amines is 1. The number of rotatable bonds is 3. The molecule has 0 amide bonds. The van der Waals surface area contributed by atoms with E-state index in [9.17, 15) is 0 Å². The van der Waals surface area contributed by atoms with Crippen molar-refractivity contribution in [1.29, 1.82) is 0 Å². The highest BCUT2D eigenvalue weighted by atomic mass is 15.4. The Kier molecular flexibility index (Phi) is 2.85. The summed E-state index contributed by atoms with van der Waals surface area (Å²) in [5, 5.41) is 8.19. The van der Waals surface area contributed by atoms with E-state index in [-0.39, 0.29) is 6.04 Å². The van der Waals surface area contributed by atoms with Gasteiger partial charge in [-0.1, -0.05) is 5.21 Å². The van der Waals surface area contributed by atoms with Crippen molar-refractivity contribution in [3.8, 4) is 11.5 Å². The van der Waals surface area contributed by atoms with Gasteiger partial charge < -0.3 is 9.88 Å². The van der Waals surface area contributed by atoms with Gasteiger partial charge in [0.15, 0.2) is 11.5 Å². The third-order valence-electron chi connectivity index (χ3n) is 2.91. The molecular weight excluding hydrogens is 256 g/mol. The van der Waals surface area contributed by atoms with Crippen molar-refractivity contribution in [2.24, 2.45) is 0 Å². The second-order valence-corrected chi connectivity index (χ2v) is 5.06. The number of hydrogen-bond donors (Lipinski definition) is 1. The fraction of sp³-hybridized carbons (Fsp3) is 0.417. The minimum atomic E-state index is 0.265. The lowest BCUT2D eigenvalue weighted by atomic mass is 10.4. The highest BCUT2D eigenvalue weighted by molar-refractivity contribution is 5.75. The fourth-order valence-electron chi connectivity index (χ4n) is 1.77. The summed E-state index contributed by atoms with van der Waals surface area (Å²) in [6, 6.07) is 0.265. The molecule has 0 atom stereocenters. The largest absolute Gasteiger partial charge is 0.347 e. The molecule has 104 valence electrons. The van der Waals surface area contributed by atoms with Crippen LogP contribution < -0.4 is 4.90 Å². The molecule has 0 aliphatic rings. The summed E-state index contributed by atoms with van der Waals surface area (Å²) >= 11 is 0. The standard InChI is InChI=1S/C12H16N8/c1-7(2)20-6-9(17-18-20)11-14-8-5-13-12(19(3)4)16-10(8)15-11/h5-7H,1-4H3,(H,13,14,15,16). The molecular formula is C12H16N8. The average molecular weight is 272 g/mol. The molecule has 8 heteroatoms. The van der Waals surface area contributed by atoms with Gasteiger partial charge in [0.2, 0.25) is 5.95 Å². The van der Waals surface area contributed by atoms with Gasteiger partial charge in [0.25, 0.3) is 0 Å². The summed E-state index contributed by atoms with van der Waals surface area (Å²) in [4.78, 5) is 18.1. The lowest BCUT2D eigenvalue weighted by Gasteiger charge is -2.07. The summed E-state index contributed by atoms with van der Waals surface area (Å²) in [5.74, 6) is 1.28. The number of H-pyrrole nitrogens is 1. The summed E-state index contributed by atoms with van der Waals surface area (Å²) in [7, 11) is 3.78. The van der Waals surface area contributed by atoms with Gasteiger partial charge in [-0.25, -0.2) is 14.6 Å². The van der Waals surface area contributed by atoms with Crippen LogP contribution in [0.15, 0.2) is 12.4 Å². The maximum Gasteiger partial charge on any atom is 0.226 e. The van der Waals surface area contributed by atoms with Crippen LogP contribution in [0.5, 0.6) is 0 Å². The van der Waals surface area contributed by atoms with Crippen molar-refractivity contribution >= 4 is 17.1 Å².